The highest BCUT2D eigenvalue weighted by Gasteiger charge is 2.56. The van der Waals surface area contributed by atoms with Gasteiger partial charge in [0.15, 0.2) is 6.23 Å². The average molecular weight is 554 g/mol. The Bertz CT molecular complexity index is 1340. The van der Waals surface area contributed by atoms with E-state index in [0.29, 0.717) is 0 Å². The number of aromatic nitrogens is 2. The van der Waals surface area contributed by atoms with E-state index in [-0.39, 0.29) is 5.75 Å². The average Bonchev–Trinajstić information content (AvgIpc) is 3.09. The third-order valence-electron chi connectivity index (χ3n) is 5.21. The molecule has 0 spiro atoms. The Kier molecular flexibility index (Phi) is 9.12. The molecule has 2 heterocycles. The third-order valence-corrected chi connectivity index (χ3v) is 6.83. The summed E-state index contributed by atoms with van der Waals surface area (Å²) in [5, 5.41) is 27.2. The number of aliphatic hydroxyl groups is 2. The first-order chi connectivity index (χ1) is 17.9. The number of esters is 1. The molecular formula is C21H27N6O10P. The number of hydrogen-bond acceptors (Lipinski definition) is 11. The van der Waals surface area contributed by atoms with Gasteiger partial charge < -0.3 is 24.2 Å². The molecule has 0 saturated carbocycles. The fraction of sp³-hybridized carbons (Fsp3) is 0.476. The number of nitrogens with zero attached hydrogens (tertiary/aromatic N) is 4. The smallest absolute Gasteiger partial charge is 0.459 e. The van der Waals surface area contributed by atoms with Crippen molar-refractivity contribution >= 4 is 13.7 Å². The first kappa shape index (κ1) is 29.1. The van der Waals surface area contributed by atoms with E-state index in [0.717, 1.165) is 16.8 Å². The van der Waals surface area contributed by atoms with Crippen LogP contribution in [-0.4, -0.2) is 62.4 Å². The minimum Gasteiger partial charge on any atom is -0.462 e. The lowest BCUT2D eigenvalue weighted by atomic mass is 10.1. The Balaban J connectivity index is 1.91. The Labute approximate surface area is 215 Å². The van der Waals surface area contributed by atoms with E-state index in [9.17, 15) is 29.2 Å². The molecule has 1 aliphatic rings. The van der Waals surface area contributed by atoms with Crippen molar-refractivity contribution in [3.63, 3.8) is 0 Å². The molecule has 17 heteroatoms. The zero-order valence-corrected chi connectivity index (χ0v) is 21.4. The number of azide groups is 1. The van der Waals surface area contributed by atoms with Crippen LogP contribution in [0.25, 0.3) is 10.4 Å². The molecule has 0 amide bonds. The predicted molar refractivity (Wildman–Crippen MR) is 130 cm³/mol. The SMILES string of the molecule is CC(C)OC(=O)[C@H](C)NP(=O)(OCC1(N=[N+]=[N-])O[C@@H](n2ccc(=O)[nH]c2=O)[C@@H](O)[C@H]1O)Oc1ccccc1. The number of carbonyl (C=O) groups excluding carboxylic acids is 1. The summed E-state index contributed by atoms with van der Waals surface area (Å²) in [7, 11) is -4.49. The molecule has 2 aromatic rings. The molecule has 6 atom stereocenters. The van der Waals surface area contributed by atoms with Crippen molar-refractivity contribution < 1.29 is 38.1 Å². The number of rotatable bonds is 11. The summed E-state index contributed by atoms with van der Waals surface area (Å²) < 4.78 is 36.1. The van der Waals surface area contributed by atoms with E-state index in [4.69, 9.17) is 24.1 Å². The Morgan fingerprint density at radius 2 is 1.97 bits per heavy atom. The summed E-state index contributed by atoms with van der Waals surface area (Å²) in [6, 6.07) is 7.54. The van der Waals surface area contributed by atoms with Gasteiger partial charge in [-0.2, -0.15) is 5.09 Å². The van der Waals surface area contributed by atoms with E-state index in [2.05, 4.69) is 15.1 Å². The van der Waals surface area contributed by atoms with Crippen LogP contribution in [0.3, 0.4) is 0 Å². The third kappa shape index (κ3) is 6.68. The van der Waals surface area contributed by atoms with Crippen molar-refractivity contribution in [2.75, 3.05) is 6.61 Å². The van der Waals surface area contributed by atoms with Gasteiger partial charge >= 0.3 is 19.4 Å². The van der Waals surface area contributed by atoms with Gasteiger partial charge in [0.05, 0.1) is 12.7 Å². The summed E-state index contributed by atoms with van der Waals surface area (Å²) in [5.41, 5.74) is 5.03. The normalized spacial score (nSPS) is 25.3. The van der Waals surface area contributed by atoms with Crippen molar-refractivity contribution in [1.82, 2.24) is 14.6 Å². The number of aromatic amines is 1. The quantitative estimate of drug-likeness (QED) is 0.100. The van der Waals surface area contributed by atoms with Crippen molar-refractivity contribution in [2.24, 2.45) is 5.11 Å². The van der Waals surface area contributed by atoms with Gasteiger partial charge in [0.2, 0.25) is 5.72 Å². The van der Waals surface area contributed by atoms with Crippen molar-refractivity contribution in [3.05, 3.63) is 73.9 Å². The van der Waals surface area contributed by atoms with Gasteiger partial charge in [-0.15, -0.1) is 0 Å². The molecule has 38 heavy (non-hydrogen) atoms. The summed E-state index contributed by atoms with van der Waals surface area (Å²) in [4.78, 5) is 40.5. The second-order valence-corrected chi connectivity index (χ2v) is 10.2. The van der Waals surface area contributed by atoms with Gasteiger partial charge in [-0.1, -0.05) is 23.3 Å². The molecule has 1 fully saturated rings. The molecule has 1 aromatic carbocycles. The number of carbonyl (C=O) groups is 1. The number of hydrogen-bond donors (Lipinski definition) is 4. The molecule has 4 N–H and O–H groups in total. The zero-order chi connectivity index (χ0) is 28.1. The fourth-order valence-corrected chi connectivity index (χ4v) is 4.95. The van der Waals surface area contributed by atoms with Gasteiger partial charge in [0.25, 0.3) is 5.56 Å². The molecule has 1 aliphatic heterocycles. The second-order valence-electron chi connectivity index (χ2n) is 8.51. The van der Waals surface area contributed by atoms with Crippen LogP contribution in [0.4, 0.5) is 0 Å². The second kappa shape index (κ2) is 11.9. The largest absolute Gasteiger partial charge is 0.462 e. The molecule has 2 unspecified atom stereocenters. The minimum atomic E-state index is -4.49. The van der Waals surface area contributed by atoms with Gasteiger partial charge in [-0.3, -0.25) is 23.7 Å². The molecule has 0 radical (unpaired) electrons. The van der Waals surface area contributed by atoms with Crippen LogP contribution in [0.15, 0.2) is 57.3 Å². The highest BCUT2D eigenvalue weighted by Crippen LogP contribution is 2.48. The topological polar surface area (TPSA) is 227 Å². The number of ether oxygens (including phenoxy) is 2. The van der Waals surface area contributed by atoms with Crippen LogP contribution in [0.5, 0.6) is 5.75 Å². The van der Waals surface area contributed by atoms with Gasteiger partial charge in [-0.05, 0) is 38.4 Å². The Hall–Kier alpha value is -3.49. The molecule has 16 nitrogen and oxygen atoms in total. The number of H-pyrrole nitrogens is 1. The van der Waals surface area contributed by atoms with E-state index in [1.54, 1.807) is 32.0 Å². The summed E-state index contributed by atoms with van der Waals surface area (Å²) >= 11 is 0. The molecule has 206 valence electrons. The molecule has 1 aromatic heterocycles. The van der Waals surface area contributed by atoms with Crippen LogP contribution in [0.1, 0.15) is 27.0 Å². The highest BCUT2D eigenvalue weighted by molar-refractivity contribution is 7.52. The van der Waals surface area contributed by atoms with E-state index in [1.165, 1.54) is 19.1 Å². The number of aliphatic hydroxyl groups excluding tert-OH is 2. The standard InChI is InChI=1S/C21H27N6O10P/c1-12(2)35-19(31)13(3)24-38(33,37-14-7-5-4-6-8-14)34-11-21(25-26-22)17(30)16(29)18(36-21)27-10-9-15(28)23-20(27)32/h4-10,12-13,16-18,29-30H,11H2,1-3H3,(H,24,33)(H,23,28,32)/t13-,16-,17+,18+,21?,38?/m0/s1. The summed E-state index contributed by atoms with van der Waals surface area (Å²) in [6.45, 7) is 3.63. The van der Waals surface area contributed by atoms with Crippen LogP contribution in [0.2, 0.25) is 0 Å². The Morgan fingerprint density at radius 1 is 1.29 bits per heavy atom. The maximum Gasteiger partial charge on any atom is 0.459 e. The minimum absolute atomic E-state index is 0.0798. The molecule has 0 bridgehead atoms. The molecule has 1 saturated heterocycles. The first-order valence-corrected chi connectivity index (χ1v) is 12.8. The fourth-order valence-electron chi connectivity index (χ4n) is 3.44. The lowest BCUT2D eigenvalue weighted by Gasteiger charge is -2.29. The van der Waals surface area contributed by atoms with E-state index < -0.39 is 67.9 Å². The van der Waals surface area contributed by atoms with Gasteiger partial charge in [0.1, 0.15) is 24.0 Å². The lowest BCUT2D eigenvalue weighted by molar-refractivity contribution is -0.149. The first-order valence-electron chi connectivity index (χ1n) is 11.3. The molecular weight excluding hydrogens is 527 g/mol. The highest BCUT2D eigenvalue weighted by atomic mass is 31.2. The summed E-state index contributed by atoms with van der Waals surface area (Å²) in [5.74, 6) is -0.688. The van der Waals surface area contributed by atoms with E-state index >= 15 is 0 Å². The molecule has 0 aliphatic carbocycles. The summed E-state index contributed by atoms with van der Waals surface area (Å²) in [6.07, 6.45) is -4.94. The van der Waals surface area contributed by atoms with Crippen LogP contribution < -0.4 is 20.9 Å². The van der Waals surface area contributed by atoms with Crippen molar-refractivity contribution in [3.8, 4) is 5.75 Å². The molecule has 3 rings (SSSR count). The van der Waals surface area contributed by atoms with Crippen LogP contribution in [-0.2, 0) is 23.4 Å². The van der Waals surface area contributed by atoms with Gasteiger partial charge in [-0.25, -0.2) is 9.36 Å². The lowest BCUT2D eigenvalue weighted by Crippen LogP contribution is -2.46. The van der Waals surface area contributed by atoms with E-state index in [1.807, 2.05) is 4.98 Å². The maximum absolute atomic E-state index is 13.7. The Morgan fingerprint density at radius 3 is 2.58 bits per heavy atom. The maximum atomic E-state index is 13.7. The van der Waals surface area contributed by atoms with Crippen LogP contribution >= 0.6 is 7.75 Å². The predicted octanol–water partition coefficient (Wildman–Crippen LogP) is 0.927. The monoisotopic (exact) mass is 554 g/mol. The number of benzene rings is 1. The van der Waals surface area contributed by atoms with Crippen LogP contribution in [0, 0.1) is 0 Å². The van der Waals surface area contributed by atoms with Crippen molar-refractivity contribution in [1.29, 1.82) is 0 Å². The number of nitrogens with one attached hydrogen (secondary N) is 2. The number of para-hydroxylation sites is 1. The van der Waals surface area contributed by atoms with Crippen molar-refractivity contribution in [2.45, 2.75) is 57.1 Å². The van der Waals surface area contributed by atoms with Gasteiger partial charge in [0, 0.05) is 17.2 Å². The zero-order valence-electron chi connectivity index (χ0n) is 20.5.